The summed E-state index contributed by atoms with van der Waals surface area (Å²) < 4.78 is 18.5. The van der Waals surface area contributed by atoms with Gasteiger partial charge in [-0.3, -0.25) is 0 Å². The molecule has 20 heavy (non-hydrogen) atoms. The van der Waals surface area contributed by atoms with E-state index in [-0.39, 0.29) is 5.82 Å². The van der Waals surface area contributed by atoms with Gasteiger partial charge in [-0.25, -0.2) is 4.39 Å². The summed E-state index contributed by atoms with van der Waals surface area (Å²) in [6.45, 7) is 6.29. The quantitative estimate of drug-likeness (QED) is 0.840. The highest BCUT2D eigenvalue weighted by Crippen LogP contribution is 2.34. The number of ether oxygens (including phenoxy) is 1. The predicted octanol–water partition coefficient (Wildman–Crippen LogP) is 2.23. The third-order valence-electron chi connectivity index (χ3n) is 4.67. The number of piperidine rings is 1. The van der Waals surface area contributed by atoms with Gasteiger partial charge in [-0.2, -0.15) is 0 Å². The molecule has 110 valence electrons. The molecule has 4 heteroatoms. The van der Waals surface area contributed by atoms with Crippen LogP contribution in [0.1, 0.15) is 6.42 Å². The first-order valence-electron chi connectivity index (χ1n) is 7.48. The highest BCUT2D eigenvalue weighted by molar-refractivity contribution is 5.47. The largest absolute Gasteiger partial charge is 0.383 e. The zero-order valence-corrected chi connectivity index (χ0v) is 12.1. The van der Waals surface area contributed by atoms with Crippen LogP contribution < -0.4 is 4.90 Å². The van der Waals surface area contributed by atoms with Crippen molar-refractivity contribution in [3.8, 4) is 0 Å². The average Bonchev–Trinajstić information content (AvgIpc) is 2.88. The molecular formula is C16H23FN2O. The number of likely N-dealkylation sites (tertiary alicyclic amines) is 1. The first-order valence-corrected chi connectivity index (χ1v) is 7.48. The van der Waals surface area contributed by atoms with Gasteiger partial charge in [-0.05, 0) is 43.0 Å². The lowest BCUT2D eigenvalue weighted by Gasteiger charge is -2.33. The number of rotatable bonds is 4. The number of halogens is 1. The van der Waals surface area contributed by atoms with Gasteiger partial charge in [0, 0.05) is 39.0 Å². The molecular weight excluding hydrogens is 255 g/mol. The van der Waals surface area contributed by atoms with Crippen molar-refractivity contribution in [3.05, 3.63) is 30.1 Å². The van der Waals surface area contributed by atoms with E-state index in [4.69, 9.17) is 4.74 Å². The number of methoxy groups -OCH3 is 1. The van der Waals surface area contributed by atoms with Crippen LogP contribution in [0.15, 0.2) is 24.3 Å². The Balaban J connectivity index is 1.61. The Morgan fingerprint density at radius 2 is 2.10 bits per heavy atom. The second-order valence-corrected chi connectivity index (χ2v) is 5.99. The lowest BCUT2D eigenvalue weighted by molar-refractivity contribution is 0.102. The summed E-state index contributed by atoms with van der Waals surface area (Å²) >= 11 is 0. The van der Waals surface area contributed by atoms with Gasteiger partial charge in [-0.15, -0.1) is 0 Å². The SMILES string of the molecule is COCCN1CC[C@H]2CN(c3cccc(F)c3)C[C@H]2C1. The van der Waals surface area contributed by atoms with Crippen LogP contribution in [-0.4, -0.2) is 51.3 Å². The number of benzene rings is 1. The Bertz CT molecular complexity index is 454. The maximum atomic E-state index is 13.3. The van der Waals surface area contributed by atoms with Crippen LogP contribution in [0, 0.1) is 17.7 Å². The second-order valence-electron chi connectivity index (χ2n) is 5.99. The lowest BCUT2D eigenvalue weighted by Crippen LogP contribution is -2.41. The third-order valence-corrected chi connectivity index (χ3v) is 4.67. The molecule has 0 saturated carbocycles. The topological polar surface area (TPSA) is 15.7 Å². The Labute approximate surface area is 120 Å². The van der Waals surface area contributed by atoms with Gasteiger partial charge in [0.2, 0.25) is 0 Å². The van der Waals surface area contributed by atoms with E-state index >= 15 is 0 Å². The fourth-order valence-corrected chi connectivity index (χ4v) is 3.55. The zero-order valence-electron chi connectivity index (χ0n) is 12.1. The van der Waals surface area contributed by atoms with E-state index < -0.39 is 0 Å². The van der Waals surface area contributed by atoms with E-state index in [1.165, 1.54) is 19.0 Å². The Hall–Kier alpha value is -1.13. The minimum absolute atomic E-state index is 0.140. The molecule has 0 spiro atoms. The summed E-state index contributed by atoms with van der Waals surface area (Å²) in [5.74, 6) is 1.33. The molecule has 0 aliphatic carbocycles. The van der Waals surface area contributed by atoms with Crippen LogP contribution >= 0.6 is 0 Å². The summed E-state index contributed by atoms with van der Waals surface area (Å²) in [4.78, 5) is 4.85. The van der Waals surface area contributed by atoms with Gasteiger partial charge in [0.05, 0.1) is 6.61 Å². The first-order chi connectivity index (χ1) is 9.76. The molecule has 0 bridgehead atoms. The molecule has 0 amide bonds. The molecule has 2 fully saturated rings. The third kappa shape index (κ3) is 2.96. The van der Waals surface area contributed by atoms with Crippen LogP contribution in [0.25, 0.3) is 0 Å². The van der Waals surface area contributed by atoms with Crippen molar-refractivity contribution in [2.45, 2.75) is 6.42 Å². The second kappa shape index (κ2) is 6.10. The maximum Gasteiger partial charge on any atom is 0.125 e. The van der Waals surface area contributed by atoms with Crippen LogP contribution in [0.2, 0.25) is 0 Å². The Kier molecular flexibility index (Phi) is 4.22. The van der Waals surface area contributed by atoms with Crippen molar-refractivity contribution in [2.24, 2.45) is 11.8 Å². The van der Waals surface area contributed by atoms with E-state index in [1.54, 1.807) is 19.2 Å². The van der Waals surface area contributed by atoms with Crippen molar-refractivity contribution < 1.29 is 9.13 Å². The summed E-state index contributed by atoms with van der Waals surface area (Å²) in [5, 5.41) is 0. The Morgan fingerprint density at radius 3 is 2.90 bits per heavy atom. The van der Waals surface area contributed by atoms with Crippen LogP contribution in [0.5, 0.6) is 0 Å². The highest BCUT2D eigenvalue weighted by atomic mass is 19.1. The number of nitrogens with zero attached hydrogens (tertiary/aromatic N) is 2. The summed E-state index contributed by atoms with van der Waals surface area (Å²) in [7, 11) is 1.76. The van der Waals surface area contributed by atoms with Crippen molar-refractivity contribution in [1.29, 1.82) is 0 Å². The monoisotopic (exact) mass is 278 g/mol. The molecule has 2 aliphatic rings. The zero-order chi connectivity index (χ0) is 13.9. The molecule has 2 saturated heterocycles. The summed E-state index contributed by atoms with van der Waals surface area (Å²) in [5.41, 5.74) is 1.03. The fourth-order valence-electron chi connectivity index (χ4n) is 3.55. The van der Waals surface area contributed by atoms with Crippen molar-refractivity contribution in [3.63, 3.8) is 0 Å². The number of hydrogen-bond donors (Lipinski definition) is 0. The standard InChI is InChI=1S/C16H23FN2O/c1-20-8-7-18-6-5-13-11-19(12-14(13)10-18)16-4-2-3-15(17)9-16/h2-4,9,13-14H,5-8,10-12H2,1H3/t13-,14+/m0/s1. The first kappa shape index (κ1) is 13.8. The minimum atomic E-state index is -0.140. The molecule has 1 aromatic rings. The van der Waals surface area contributed by atoms with Gasteiger partial charge in [0.25, 0.3) is 0 Å². The number of hydrogen-bond acceptors (Lipinski definition) is 3. The van der Waals surface area contributed by atoms with E-state index in [0.717, 1.165) is 44.4 Å². The van der Waals surface area contributed by atoms with Crippen LogP contribution in [0.4, 0.5) is 10.1 Å². The molecule has 0 radical (unpaired) electrons. The number of fused-ring (bicyclic) bond motifs is 1. The van der Waals surface area contributed by atoms with E-state index in [9.17, 15) is 4.39 Å². The van der Waals surface area contributed by atoms with E-state index in [2.05, 4.69) is 9.80 Å². The normalized spacial score (nSPS) is 26.8. The van der Waals surface area contributed by atoms with E-state index in [1.807, 2.05) is 6.07 Å². The molecule has 0 unspecified atom stereocenters. The highest BCUT2D eigenvalue weighted by Gasteiger charge is 2.36. The molecule has 3 rings (SSSR count). The molecule has 1 aromatic carbocycles. The van der Waals surface area contributed by atoms with Gasteiger partial charge >= 0.3 is 0 Å². The fraction of sp³-hybridized carbons (Fsp3) is 0.625. The van der Waals surface area contributed by atoms with Gasteiger partial charge in [0.15, 0.2) is 0 Å². The van der Waals surface area contributed by atoms with Gasteiger partial charge < -0.3 is 14.5 Å². The van der Waals surface area contributed by atoms with Crippen molar-refractivity contribution in [1.82, 2.24) is 4.90 Å². The molecule has 3 nitrogen and oxygen atoms in total. The molecule has 0 N–H and O–H groups in total. The van der Waals surface area contributed by atoms with Crippen LogP contribution in [-0.2, 0) is 4.74 Å². The summed E-state index contributed by atoms with van der Waals surface area (Å²) in [6, 6.07) is 6.99. The van der Waals surface area contributed by atoms with Gasteiger partial charge in [0.1, 0.15) is 5.82 Å². The molecule has 2 aliphatic heterocycles. The lowest BCUT2D eigenvalue weighted by atomic mass is 9.89. The average molecular weight is 278 g/mol. The molecule has 0 aromatic heterocycles. The minimum Gasteiger partial charge on any atom is -0.383 e. The Morgan fingerprint density at radius 1 is 1.25 bits per heavy atom. The number of anilines is 1. The van der Waals surface area contributed by atoms with Gasteiger partial charge in [-0.1, -0.05) is 6.07 Å². The summed E-state index contributed by atoms with van der Waals surface area (Å²) in [6.07, 6.45) is 1.25. The van der Waals surface area contributed by atoms with E-state index in [0.29, 0.717) is 5.92 Å². The predicted molar refractivity (Wildman–Crippen MR) is 78.5 cm³/mol. The van der Waals surface area contributed by atoms with Crippen molar-refractivity contribution in [2.75, 3.05) is 51.3 Å². The molecule has 2 atom stereocenters. The van der Waals surface area contributed by atoms with Crippen molar-refractivity contribution >= 4 is 5.69 Å². The molecule has 2 heterocycles. The van der Waals surface area contributed by atoms with Crippen LogP contribution in [0.3, 0.4) is 0 Å². The smallest absolute Gasteiger partial charge is 0.125 e. The maximum absolute atomic E-state index is 13.3.